The molecule has 2 bridgehead atoms. The number of aromatic nitrogens is 3. The largest absolute Gasteiger partial charge is 0.348 e. The highest BCUT2D eigenvalue weighted by Gasteiger charge is 2.34. The quantitative estimate of drug-likeness (QED) is 0.936. The van der Waals surface area contributed by atoms with Crippen molar-refractivity contribution in [2.75, 3.05) is 19.6 Å². The van der Waals surface area contributed by atoms with Crippen molar-refractivity contribution >= 4 is 0 Å². The van der Waals surface area contributed by atoms with Crippen molar-refractivity contribution in [2.45, 2.75) is 32.0 Å². The van der Waals surface area contributed by atoms with Gasteiger partial charge in [-0.2, -0.15) is 0 Å². The van der Waals surface area contributed by atoms with Crippen LogP contribution in [-0.2, 0) is 13.1 Å². The molecule has 0 radical (unpaired) electrons. The summed E-state index contributed by atoms with van der Waals surface area (Å²) in [6, 6.07) is 6.85. The second-order valence-electron chi connectivity index (χ2n) is 6.58. The first-order valence-corrected chi connectivity index (χ1v) is 8.21. The fourth-order valence-corrected chi connectivity index (χ4v) is 3.90. The number of fused-ring (bicyclic) bond motifs is 4. The summed E-state index contributed by atoms with van der Waals surface area (Å²) in [6.45, 7) is 5.47. The number of H-pyrrole nitrogens is 1. The lowest BCUT2D eigenvalue weighted by atomic mass is 9.95. The number of nitrogens with zero attached hydrogens (tertiary/aromatic N) is 4. The molecule has 0 aliphatic carbocycles. The Balaban J connectivity index is 1.44. The average molecular weight is 297 g/mol. The average Bonchev–Trinajstić information content (AvgIpc) is 2.89. The van der Waals surface area contributed by atoms with Gasteiger partial charge in [-0.05, 0) is 30.9 Å². The van der Waals surface area contributed by atoms with Gasteiger partial charge in [-0.25, -0.2) is 4.98 Å². The molecule has 0 unspecified atom stereocenters. The minimum absolute atomic E-state index is 0.646. The Bertz CT molecular complexity index is 582. The van der Waals surface area contributed by atoms with Crippen molar-refractivity contribution in [1.82, 2.24) is 24.8 Å². The molecule has 5 nitrogen and oxygen atoms in total. The van der Waals surface area contributed by atoms with E-state index in [1.165, 1.54) is 31.6 Å². The summed E-state index contributed by atoms with van der Waals surface area (Å²) in [5, 5.41) is 0. The zero-order chi connectivity index (χ0) is 14.8. The zero-order valence-electron chi connectivity index (χ0n) is 12.9. The van der Waals surface area contributed by atoms with Crippen molar-refractivity contribution in [2.24, 2.45) is 5.92 Å². The Morgan fingerprint density at radius 2 is 2.05 bits per heavy atom. The summed E-state index contributed by atoms with van der Waals surface area (Å²) in [6.07, 6.45) is 8.32. The van der Waals surface area contributed by atoms with Gasteiger partial charge in [0.2, 0.25) is 0 Å². The van der Waals surface area contributed by atoms with Crippen molar-refractivity contribution in [3.8, 4) is 0 Å². The molecule has 0 spiro atoms. The van der Waals surface area contributed by atoms with Crippen molar-refractivity contribution in [3.05, 3.63) is 48.3 Å². The minimum Gasteiger partial charge on any atom is -0.348 e. The molecule has 3 aliphatic rings. The Hall–Kier alpha value is -1.72. The van der Waals surface area contributed by atoms with E-state index >= 15 is 0 Å². The predicted octanol–water partition coefficient (Wildman–Crippen LogP) is 1.90. The van der Waals surface area contributed by atoms with Crippen LogP contribution in [0.3, 0.4) is 0 Å². The zero-order valence-corrected chi connectivity index (χ0v) is 12.9. The lowest BCUT2D eigenvalue weighted by Crippen LogP contribution is -2.43. The summed E-state index contributed by atoms with van der Waals surface area (Å²) < 4.78 is 0. The molecule has 116 valence electrons. The first-order valence-electron chi connectivity index (χ1n) is 8.21. The van der Waals surface area contributed by atoms with Gasteiger partial charge in [-0.3, -0.25) is 14.8 Å². The van der Waals surface area contributed by atoms with Gasteiger partial charge in [0.25, 0.3) is 0 Å². The third-order valence-electron chi connectivity index (χ3n) is 4.92. The van der Waals surface area contributed by atoms with Crippen molar-refractivity contribution in [1.29, 1.82) is 0 Å². The minimum atomic E-state index is 0.646. The first-order chi connectivity index (χ1) is 10.9. The van der Waals surface area contributed by atoms with Crippen LogP contribution in [0.5, 0.6) is 0 Å². The highest BCUT2D eigenvalue weighted by atomic mass is 15.3. The summed E-state index contributed by atoms with van der Waals surface area (Å²) in [5.74, 6) is 1.86. The lowest BCUT2D eigenvalue weighted by molar-refractivity contribution is 0.120. The summed E-state index contributed by atoms with van der Waals surface area (Å²) in [7, 11) is 0. The summed E-state index contributed by atoms with van der Waals surface area (Å²) in [4.78, 5) is 17.3. The highest BCUT2D eigenvalue weighted by Crippen LogP contribution is 2.29. The van der Waals surface area contributed by atoms with E-state index in [2.05, 4.69) is 36.9 Å². The molecule has 2 atom stereocenters. The summed E-state index contributed by atoms with van der Waals surface area (Å²) in [5.41, 5.74) is 1.18. The van der Waals surface area contributed by atoms with Gasteiger partial charge in [0, 0.05) is 50.8 Å². The van der Waals surface area contributed by atoms with Gasteiger partial charge in [-0.15, -0.1) is 0 Å². The molecule has 1 N–H and O–H groups in total. The Morgan fingerprint density at radius 3 is 2.86 bits per heavy atom. The number of piperidine rings is 1. The van der Waals surface area contributed by atoms with Crippen molar-refractivity contribution < 1.29 is 0 Å². The van der Waals surface area contributed by atoms with Gasteiger partial charge in [-0.1, -0.05) is 6.07 Å². The van der Waals surface area contributed by atoms with Crippen LogP contribution in [0.1, 0.15) is 24.4 Å². The van der Waals surface area contributed by atoms with Gasteiger partial charge in [0.1, 0.15) is 5.82 Å². The van der Waals surface area contributed by atoms with Gasteiger partial charge in [0.05, 0.1) is 12.2 Å². The third kappa shape index (κ3) is 3.05. The molecular formula is C17H23N5. The SMILES string of the molecule is c1ccc(CN2C[C@H]3CC[C@@H](C2)N(Cc2ncc[nH]2)C3)nc1. The molecule has 5 heteroatoms. The Morgan fingerprint density at radius 1 is 1.05 bits per heavy atom. The van der Waals surface area contributed by atoms with Crippen LogP contribution in [0.4, 0.5) is 0 Å². The predicted molar refractivity (Wildman–Crippen MR) is 85.0 cm³/mol. The number of hydrogen-bond donors (Lipinski definition) is 1. The van der Waals surface area contributed by atoms with Gasteiger partial charge in [0.15, 0.2) is 0 Å². The maximum absolute atomic E-state index is 4.48. The van der Waals surface area contributed by atoms with Crippen molar-refractivity contribution in [3.63, 3.8) is 0 Å². The number of hydrogen-bond acceptors (Lipinski definition) is 4. The standard InChI is InChI=1S/C17H23N5/c1-2-6-18-15(3-1)11-21-9-14-4-5-16(12-21)22(10-14)13-17-19-7-8-20-17/h1-3,6-8,14,16H,4-5,9-13H2,(H,19,20)/t14-,16+/m1/s1. The molecule has 3 saturated heterocycles. The van der Waals surface area contributed by atoms with E-state index in [0.29, 0.717) is 6.04 Å². The molecule has 0 amide bonds. The van der Waals surface area contributed by atoms with Crippen LogP contribution in [0.25, 0.3) is 0 Å². The number of nitrogens with one attached hydrogen (secondary N) is 1. The van der Waals surface area contributed by atoms with E-state index in [1.807, 2.05) is 24.7 Å². The van der Waals surface area contributed by atoms with E-state index in [-0.39, 0.29) is 0 Å². The lowest BCUT2D eigenvalue weighted by Gasteiger charge is -2.35. The second kappa shape index (κ2) is 6.18. The normalized spacial score (nSPS) is 26.2. The molecule has 22 heavy (non-hydrogen) atoms. The van der Waals surface area contributed by atoms with Crippen LogP contribution < -0.4 is 0 Å². The molecule has 5 rings (SSSR count). The smallest absolute Gasteiger partial charge is 0.120 e. The fourth-order valence-electron chi connectivity index (χ4n) is 3.90. The maximum Gasteiger partial charge on any atom is 0.120 e. The van der Waals surface area contributed by atoms with Crippen LogP contribution >= 0.6 is 0 Å². The van der Waals surface area contributed by atoms with Gasteiger partial charge < -0.3 is 4.98 Å². The van der Waals surface area contributed by atoms with Crippen LogP contribution in [-0.4, -0.2) is 50.4 Å². The Labute approximate surface area is 131 Å². The highest BCUT2D eigenvalue weighted by molar-refractivity contribution is 5.04. The monoisotopic (exact) mass is 297 g/mol. The fraction of sp³-hybridized carbons (Fsp3) is 0.529. The molecule has 5 heterocycles. The second-order valence-corrected chi connectivity index (χ2v) is 6.58. The summed E-state index contributed by atoms with van der Waals surface area (Å²) >= 11 is 0. The molecule has 3 fully saturated rings. The first kappa shape index (κ1) is 13.9. The number of aromatic amines is 1. The Kier molecular flexibility index (Phi) is 3.91. The van der Waals surface area contributed by atoms with E-state index in [1.54, 1.807) is 0 Å². The van der Waals surface area contributed by atoms with Gasteiger partial charge >= 0.3 is 0 Å². The third-order valence-corrected chi connectivity index (χ3v) is 4.92. The van der Waals surface area contributed by atoms with Crippen LogP contribution in [0.15, 0.2) is 36.8 Å². The van der Waals surface area contributed by atoms with E-state index in [0.717, 1.165) is 31.4 Å². The molecule has 2 aromatic heterocycles. The topological polar surface area (TPSA) is 48.0 Å². The molecule has 0 aromatic carbocycles. The molecule has 0 saturated carbocycles. The molecule has 3 aliphatic heterocycles. The van der Waals surface area contributed by atoms with E-state index in [4.69, 9.17) is 0 Å². The van der Waals surface area contributed by atoms with Crippen LogP contribution in [0, 0.1) is 5.92 Å². The molecular weight excluding hydrogens is 274 g/mol. The number of rotatable bonds is 4. The van der Waals surface area contributed by atoms with E-state index < -0.39 is 0 Å². The molecule has 2 aromatic rings. The maximum atomic E-state index is 4.48. The van der Waals surface area contributed by atoms with Crippen LogP contribution in [0.2, 0.25) is 0 Å². The number of imidazole rings is 1. The van der Waals surface area contributed by atoms with E-state index in [9.17, 15) is 0 Å². The number of pyridine rings is 1.